The maximum Gasteiger partial charge on any atom is 0.144 e. The summed E-state index contributed by atoms with van der Waals surface area (Å²) in [5.41, 5.74) is 8.09. The van der Waals surface area contributed by atoms with E-state index in [9.17, 15) is 0 Å². The van der Waals surface area contributed by atoms with Crippen molar-refractivity contribution >= 4 is 11.4 Å². The molecule has 0 aliphatic heterocycles. The van der Waals surface area contributed by atoms with E-state index in [1.807, 2.05) is 18.2 Å². The van der Waals surface area contributed by atoms with Crippen LogP contribution in [0, 0.1) is 11.3 Å². The minimum atomic E-state index is 0.290. The number of rotatable bonds is 6. The van der Waals surface area contributed by atoms with Gasteiger partial charge in [-0.3, -0.25) is 0 Å². The average Bonchev–Trinajstić information content (AvgIpc) is 2.34. The molecule has 1 rings (SSSR count). The second-order valence-corrected chi connectivity index (χ2v) is 6.21. The normalized spacial score (nSPS) is 13.1. The molecule has 0 fully saturated rings. The minimum Gasteiger partial charge on any atom is -0.491 e. The van der Waals surface area contributed by atoms with Gasteiger partial charge >= 0.3 is 0 Å². The molecule has 0 saturated carbocycles. The molecule has 1 aromatic carbocycles. The Morgan fingerprint density at radius 3 is 2.58 bits per heavy atom. The van der Waals surface area contributed by atoms with Gasteiger partial charge in [0.1, 0.15) is 5.75 Å². The molecule has 3 nitrogen and oxygen atoms in total. The van der Waals surface area contributed by atoms with Crippen LogP contribution in [-0.4, -0.2) is 13.2 Å². The SMILES string of the molecule is CCCOc1cccc(NCC(C)C(C)(C)C)c1N. The zero-order valence-electron chi connectivity index (χ0n) is 12.9. The van der Waals surface area contributed by atoms with E-state index in [1.165, 1.54) is 0 Å². The van der Waals surface area contributed by atoms with Gasteiger partial charge in [0.25, 0.3) is 0 Å². The van der Waals surface area contributed by atoms with Crippen molar-refractivity contribution in [1.29, 1.82) is 0 Å². The third kappa shape index (κ3) is 4.66. The lowest BCUT2D eigenvalue weighted by Gasteiger charge is -2.28. The zero-order chi connectivity index (χ0) is 14.5. The summed E-state index contributed by atoms with van der Waals surface area (Å²) >= 11 is 0. The molecule has 0 heterocycles. The van der Waals surface area contributed by atoms with Crippen molar-refractivity contribution in [2.45, 2.75) is 41.0 Å². The van der Waals surface area contributed by atoms with Gasteiger partial charge in [-0.15, -0.1) is 0 Å². The summed E-state index contributed by atoms with van der Waals surface area (Å²) in [7, 11) is 0. The lowest BCUT2D eigenvalue weighted by molar-refractivity contribution is 0.274. The topological polar surface area (TPSA) is 47.3 Å². The molecular formula is C16H28N2O. The summed E-state index contributed by atoms with van der Waals surface area (Å²) in [5.74, 6) is 1.34. The van der Waals surface area contributed by atoms with Crippen LogP contribution in [0.2, 0.25) is 0 Å². The van der Waals surface area contributed by atoms with Crippen molar-refractivity contribution in [1.82, 2.24) is 0 Å². The molecule has 1 aromatic rings. The van der Waals surface area contributed by atoms with Crippen LogP contribution in [0.15, 0.2) is 18.2 Å². The summed E-state index contributed by atoms with van der Waals surface area (Å²) in [6.45, 7) is 12.7. The first-order chi connectivity index (χ1) is 8.86. The van der Waals surface area contributed by atoms with Crippen LogP contribution in [0.1, 0.15) is 41.0 Å². The lowest BCUT2D eigenvalue weighted by atomic mass is 9.82. The number of hydrogen-bond donors (Lipinski definition) is 2. The average molecular weight is 264 g/mol. The highest BCUT2D eigenvalue weighted by Crippen LogP contribution is 2.31. The van der Waals surface area contributed by atoms with Crippen molar-refractivity contribution in [2.75, 3.05) is 24.2 Å². The Morgan fingerprint density at radius 2 is 2.00 bits per heavy atom. The van der Waals surface area contributed by atoms with Gasteiger partial charge in [0, 0.05) is 6.54 Å². The smallest absolute Gasteiger partial charge is 0.144 e. The van der Waals surface area contributed by atoms with Crippen LogP contribution in [0.5, 0.6) is 5.75 Å². The zero-order valence-corrected chi connectivity index (χ0v) is 12.9. The van der Waals surface area contributed by atoms with Gasteiger partial charge in [-0.05, 0) is 29.9 Å². The van der Waals surface area contributed by atoms with Crippen molar-refractivity contribution < 1.29 is 4.74 Å². The number of anilines is 2. The van der Waals surface area contributed by atoms with Gasteiger partial charge in [-0.2, -0.15) is 0 Å². The highest BCUT2D eigenvalue weighted by Gasteiger charge is 2.19. The first kappa shape index (κ1) is 15.7. The molecule has 0 aliphatic rings. The largest absolute Gasteiger partial charge is 0.491 e. The molecular weight excluding hydrogens is 236 g/mol. The van der Waals surface area contributed by atoms with Crippen LogP contribution >= 0.6 is 0 Å². The maximum absolute atomic E-state index is 6.13. The Labute approximate surface area is 117 Å². The monoisotopic (exact) mass is 264 g/mol. The molecule has 0 saturated heterocycles. The summed E-state index contributed by atoms with van der Waals surface area (Å²) in [4.78, 5) is 0. The Balaban J connectivity index is 2.69. The Kier molecular flexibility index (Phi) is 5.52. The number of nitrogen functional groups attached to an aromatic ring is 1. The molecule has 3 N–H and O–H groups in total. The summed E-state index contributed by atoms with van der Waals surface area (Å²) in [5, 5.41) is 3.43. The van der Waals surface area contributed by atoms with E-state index >= 15 is 0 Å². The summed E-state index contributed by atoms with van der Waals surface area (Å²) < 4.78 is 5.64. The highest BCUT2D eigenvalue weighted by molar-refractivity contribution is 5.72. The Bertz CT molecular complexity index is 396. The maximum atomic E-state index is 6.13. The minimum absolute atomic E-state index is 0.290. The fourth-order valence-corrected chi connectivity index (χ4v) is 1.61. The van der Waals surface area contributed by atoms with Gasteiger partial charge in [-0.25, -0.2) is 0 Å². The van der Waals surface area contributed by atoms with E-state index in [0.29, 0.717) is 18.2 Å². The lowest BCUT2D eigenvalue weighted by Crippen LogP contribution is -2.25. The first-order valence-electron chi connectivity index (χ1n) is 7.11. The van der Waals surface area contributed by atoms with Crippen LogP contribution in [0.4, 0.5) is 11.4 Å². The quantitative estimate of drug-likeness (QED) is 0.759. The molecule has 108 valence electrons. The second-order valence-electron chi connectivity index (χ2n) is 6.21. The van der Waals surface area contributed by atoms with E-state index < -0.39 is 0 Å². The Hall–Kier alpha value is -1.38. The predicted octanol–water partition coefficient (Wildman–Crippen LogP) is 4.15. The first-order valence-corrected chi connectivity index (χ1v) is 7.11. The molecule has 0 aliphatic carbocycles. The molecule has 0 aromatic heterocycles. The highest BCUT2D eigenvalue weighted by atomic mass is 16.5. The predicted molar refractivity (Wildman–Crippen MR) is 83.7 cm³/mol. The van der Waals surface area contributed by atoms with Gasteiger partial charge in [0.15, 0.2) is 0 Å². The fraction of sp³-hybridized carbons (Fsp3) is 0.625. The number of ether oxygens (including phenoxy) is 1. The van der Waals surface area contributed by atoms with Crippen molar-refractivity contribution in [3.63, 3.8) is 0 Å². The third-order valence-corrected chi connectivity index (χ3v) is 3.60. The molecule has 0 radical (unpaired) electrons. The number of benzene rings is 1. The molecule has 0 spiro atoms. The number of para-hydroxylation sites is 1. The third-order valence-electron chi connectivity index (χ3n) is 3.60. The van der Waals surface area contributed by atoms with Gasteiger partial charge < -0.3 is 15.8 Å². The molecule has 1 unspecified atom stereocenters. The second kappa shape index (κ2) is 6.69. The van der Waals surface area contributed by atoms with Crippen LogP contribution in [0.25, 0.3) is 0 Å². The number of hydrogen-bond acceptors (Lipinski definition) is 3. The standard InChI is InChI=1S/C16H28N2O/c1-6-10-19-14-9-7-8-13(15(14)17)18-11-12(2)16(3,4)5/h7-9,12,18H,6,10-11,17H2,1-5H3. The van der Waals surface area contributed by atoms with E-state index in [-0.39, 0.29) is 5.41 Å². The van der Waals surface area contributed by atoms with Crippen molar-refractivity contribution in [3.05, 3.63) is 18.2 Å². The molecule has 19 heavy (non-hydrogen) atoms. The molecule has 3 heteroatoms. The van der Waals surface area contributed by atoms with Gasteiger partial charge in [0.2, 0.25) is 0 Å². The molecule has 0 bridgehead atoms. The number of nitrogens with two attached hydrogens (primary N) is 1. The van der Waals surface area contributed by atoms with Crippen LogP contribution < -0.4 is 15.8 Å². The van der Waals surface area contributed by atoms with Gasteiger partial charge in [0.05, 0.1) is 18.0 Å². The summed E-state index contributed by atoms with van der Waals surface area (Å²) in [6.07, 6.45) is 0.984. The molecule has 1 atom stereocenters. The van der Waals surface area contributed by atoms with Crippen molar-refractivity contribution in [2.24, 2.45) is 11.3 Å². The van der Waals surface area contributed by atoms with Gasteiger partial charge in [-0.1, -0.05) is 40.7 Å². The van der Waals surface area contributed by atoms with Crippen molar-refractivity contribution in [3.8, 4) is 5.75 Å². The van der Waals surface area contributed by atoms with E-state index in [1.54, 1.807) is 0 Å². The Morgan fingerprint density at radius 1 is 1.32 bits per heavy atom. The van der Waals surface area contributed by atoms with Crippen LogP contribution in [-0.2, 0) is 0 Å². The van der Waals surface area contributed by atoms with Crippen LogP contribution in [0.3, 0.4) is 0 Å². The fourth-order valence-electron chi connectivity index (χ4n) is 1.61. The molecule has 0 amide bonds. The summed E-state index contributed by atoms with van der Waals surface area (Å²) in [6, 6.07) is 5.90. The van der Waals surface area contributed by atoms with E-state index in [2.05, 4.69) is 39.9 Å². The van der Waals surface area contributed by atoms with E-state index in [4.69, 9.17) is 10.5 Å². The number of nitrogens with one attached hydrogen (secondary N) is 1. The van der Waals surface area contributed by atoms with E-state index in [0.717, 1.165) is 24.4 Å².